The van der Waals surface area contributed by atoms with Crippen LogP contribution in [0, 0.1) is 0 Å². The van der Waals surface area contributed by atoms with Gasteiger partial charge in [-0.15, -0.1) is 0 Å². The fourth-order valence-electron chi connectivity index (χ4n) is 2.51. The third-order valence-electron chi connectivity index (χ3n) is 3.68. The normalized spacial score (nSPS) is 18.7. The van der Waals surface area contributed by atoms with Gasteiger partial charge < -0.3 is 14.8 Å². The van der Waals surface area contributed by atoms with Crippen molar-refractivity contribution in [3.8, 4) is 0 Å². The number of hydrogen-bond acceptors (Lipinski definition) is 4. The average Bonchev–Trinajstić information content (AvgIpc) is 2.91. The van der Waals surface area contributed by atoms with E-state index in [2.05, 4.69) is 22.1 Å². The number of hydrogen-bond donors (Lipinski definition) is 1. The van der Waals surface area contributed by atoms with Crippen LogP contribution < -0.4 is 15.8 Å². The van der Waals surface area contributed by atoms with Crippen LogP contribution in [0.25, 0.3) is 0 Å². The van der Waals surface area contributed by atoms with E-state index in [1.807, 2.05) is 0 Å². The van der Waals surface area contributed by atoms with E-state index in [1.54, 1.807) is 24.0 Å². The minimum Gasteiger partial charge on any atom is -0.350 e. The Labute approximate surface area is 114 Å². The van der Waals surface area contributed by atoms with Gasteiger partial charge in [0.2, 0.25) is 0 Å². The minimum absolute atomic E-state index is 0.00315. The van der Waals surface area contributed by atoms with E-state index in [4.69, 9.17) is 0 Å². The number of nitrogens with zero attached hydrogens (tertiary/aromatic N) is 3. The van der Waals surface area contributed by atoms with Gasteiger partial charge in [-0.1, -0.05) is 13.3 Å². The first kappa shape index (κ1) is 14.1. The maximum absolute atomic E-state index is 12.2. The predicted molar refractivity (Wildman–Crippen MR) is 77.6 cm³/mol. The van der Waals surface area contributed by atoms with Crippen LogP contribution in [-0.4, -0.2) is 35.2 Å². The molecule has 1 atom stereocenters. The first-order valence-electron chi connectivity index (χ1n) is 7.22. The molecule has 5 nitrogen and oxygen atoms in total. The summed E-state index contributed by atoms with van der Waals surface area (Å²) in [6, 6.07) is 0.489. The highest BCUT2D eigenvalue weighted by Crippen LogP contribution is 2.11. The third kappa shape index (κ3) is 3.56. The molecular formula is C14H24N4O. The van der Waals surface area contributed by atoms with Gasteiger partial charge in [-0.25, -0.2) is 4.98 Å². The van der Waals surface area contributed by atoms with Crippen molar-refractivity contribution in [3.63, 3.8) is 0 Å². The highest BCUT2D eigenvalue weighted by molar-refractivity contribution is 5.35. The van der Waals surface area contributed by atoms with Gasteiger partial charge in [-0.05, 0) is 25.8 Å². The maximum Gasteiger partial charge on any atom is 0.293 e. The van der Waals surface area contributed by atoms with Crippen LogP contribution in [0.5, 0.6) is 0 Å². The topological polar surface area (TPSA) is 50.2 Å². The van der Waals surface area contributed by atoms with Gasteiger partial charge >= 0.3 is 0 Å². The lowest BCUT2D eigenvalue weighted by molar-refractivity contribution is 0.566. The second kappa shape index (κ2) is 6.70. The Balaban J connectivity index is 2.15. The van der Waals surface area contributed by atoms with Crippen molar-refractivity contribution in [2.75, 3.05) is 24.5 Å². The van der Waals surface area contributed by atoms with E-state index >= 15 is 0 Å². The molecule has 19 heavy (non-hydrogen) atoms. The Morgan fingerprint density at radius 1 is 1.58 bits per heavy atom. The Bertz CT molecular complexity index is 451. The van der Waals surface area contributed by atoms with Crippen LogP contribution in [0.1, 0.15) is 32.6 Å². The van der Waals surface area contributed by atoms with Gasteiger partial charge in [-0.3, -0.25) is 4.79 Å². The lowest BCUT2D eigenvalue weighted by atomic mass is 10.2. The summed E-state index contributed by atoms with van der Waals surface area (Å²) in [5.41, 5.74) is -0.00315. The van der Waals surface area contributed by atoms with Crippen LogP contribution in [-0.2, 0) is 7.05 Å². The fourth-order valence-corrected chi connectivity index (χ4v) is 2.51. The number of nitrogens with one attached hydrogen (secondary N) is 1. The van der Waals surface area contributed by atoms with Gasteiger partial charge in [0.15, 0.2) is 5.82 Å². The molecule has 5 heteroatoms. The molecule has 0 aromatic carbocycles. The Morgan fingerprint density at radius 2 is 2.42 bits per heavy atom. The Morgan fingerprint density at radius 3 is 3.11 bits per heavy atom. The van der Waals surface area contributed by atoms with Gasteiger partial charge in [-0.2, -0.15) is 0 Å². The van der Waals surface area contributed by atoms with E-state index in [9.17, 15) is 4.79 Å². The summed E-state index contributed by atoms with van der Waals surface area (Å²) in [7, 11) is 1.78. The Hall–Kier alpha value is -1.36. The summed E-state index contributed by atoms with van der Waals surface area (Å²) in [4.78, 5) is 18.6. The van der Waals surface area contributed by atoms with Gasteiger partial charge in [0, 0.05) is 38.6 Å². The molecule has 0 aliphatic carbocycles. The molecule has 1 aliphatic heterocycles. The molecular weight excluding hydrogens is 240 g/mol. The van der Waals surface area contributed by atoms with E-state index in [0.717, 1.165) is 32.5 Å². The molecule has 2 heterocycles. The molecule has 1 aliphatic rings. The largest absolute Gasteiger partial charge is 0.350 e. The molecule has 0 bridgehead atoms. The minimum atomic E-state index is -0.00315. The zero-order valence-corrected chi connectivity index (χ0v) is 11.9. The fraction of sp³-hybridized carbons (Fsp3) is 0.714. The zero-order valence-electron chi connectivity index (χ0n) is 11.9. The monoisotopic (exact) mass is 264 g/mol. The first-order valence-corrected chi connectivity index (χ1v) is 7.22. The lowest BCUT2D eigenvalue weighted by Crippen LogP contribution is -2.41. The summed E-state index contributed by atoms with van der Waals surface area (Å²) in [6.45, 7) is 5.04. The number of aromatic nitrogens is 2. The predicted octanol–water partition coefficient (Wildman–Crippen LogP) is 1.14. The van der Waals surface area contributed by atoms with Crippen LogP contribution in [0.2, 0.25) is 0 Å². The van der Waals surface area contributed by atoms with Gasteiger partial charge in [0.25, 0.3) is 5.56 Å². The number of rotatable bonds is 6. The van der Waals surface area contributed by atoms with Crippen molar-refractivity contribution in [1.29, 1.82) is 0 Å². The highest BCUT2D eigenvalue weighted by Gasteiger charge is 2.20. The molecule has 1 N–H and O–H groups in total. The van der Waals surface area contributed by atoms with Crippen LogP contribution in [0.4, 0.5) is 5.82 Å². The second-order valence-electron chi connectivity index (χ2n) is 5.26. The number of unbranched alkanes of at least 4 members (excludes halogenated alkanes) is 1. The SMILES string of the molecule is CCCCN(CC1CCCN1)c1nccn(C)c1=O. The van der Waals surface area contributed by atoms with E-state index in [1.165, 1.54) is 12.8 Å². The van der Waals surface area contributed by atoms with Crippen molar-refractivity contribution in [1.82, 2.24) is 14.9 Å². The van der Waals surface area contributed by atoms with Gasteiger partial charge in [0.05, 0.1) is 0 Å². The standard InChI is InChI=1S/C14H24N4O/c1-3-4-9-18(11-12-6-5-7-15-12)13-14(19)17(2)10-8-16-13/h8,10,12,15H,3-7,9,11H2,1-2H3. The van der Waals surface area contributed by atoms with Crippen LogP contribution in [0.15, 0.2) is 17.2 Å². The first-order chi connectivity index (χ1) is 9.22. The molecule has 1 aromatic heterocycles. The molecule has 0 amide bonds. The third-order valence-corrected chi connectivity index (χ3v) is 3.68. The van der Waals surface area contributed by atoms with Crippen molar-refractivity contribution >= 4 is 5.82 Å². The van der Waals surface area contributed by atoms with E-state index in [0.29, 0.717) is 11.9 Å². The summed E-state index contributed by atoms with van der Waals surface area (Å²) in [5, 5.41) is 3.49. The Kier molecular flexibility index (Phi) is 4.96. The summed E-state index contributed by atoms with van der Waals surface area (Å²) in [6.07, 6.45) is 8.05. The second-order valence-corrected chi connectivity index (χ2v) is 5.26. The molecule has 0 saturated carbocycles. The van der Waals surface area contributed by atoms with Crippen LogP contribution >= 0.6 is 0 Å². The smallest absolute Gasteiger partial charge is 0.293 e. The van der Waals surface area contributed by atoms with Crippen molar-refractivity contribution in [2.24, 2.45) is 7.05 Å². The van der Waals surface area contributed by atoms with E-state index < -0.39 is 0 Å². The molecule has 106 valence electrons. The average molecular weight is 264 g/mol. The molecule has 1 saturated heterocycles. The molecule has 1 fully saturated rings. The lowest BCUT2D eigenvalue weighted by Gasteiger charge is -2.26. The number of aryl methyl sites for hydroxylation is 1. The summed E-state index contributed by atoms with van der Waals surface area (Å²) in [5.74, 6) is 0.590. The van der Waals surface area contributed by atoms with Crippen molar-refractivity contribution in [3.05, 3.63) is 22.7 Å². The van der Waals surface area contributed by atoms with Gasteiger partial charge in [0.1, 0.15) is 0 Å². The maximum atomic E-state index is 12.2. The van der Waals surface area contributed by atoms with Crippen LogP contribution in [0.3, 0.4) is 0 Å². The quantitative estimate of drug-likeness (QED) is 0.837. The number of anilines is 1. The molecule has 0 spiro atoms. The molecule has 2 rings (SSSR count). The molecule has 1 aromatic rings. The molecule has 1 unspecified atom stereocenters. The highest BCUT2D eigenvalue weighted by atomic mass is 16.1. The zero-order chi connectivity index (χ0) is 13.7. The van der Waals surface area contributed by atoms with Crippen molar-refractivity contribution in [2.45, 2.75) is 38.6 Å². The molecule has 0 radical (unpaired) electrons. The van der Waals surface area contributed by atoms with E-state index in [-0.39, 0.29) is 5.56 Å². The summed E-state index contributed by atoms with van der Waals surface area (Å²) < 4.78 is 1.60. The van der Waals surface area contributed by atoms with Crippen molar-refractivity contribution < 1.29 is 0 Å². The summed E-state index contributed by atoms with van der Waals surface area (Å²) >= 11 is 0.